The van der Waals surface area contributed by atoms with Crippen molar-refractivity contribution in [2.75, 3.05) is 6.54 Å². The van der Waals surface area contributed by atoms with E-state index in [1.54, 1.807) is 25.1 Å². The van der Waals surface area contributed by atoms with E-state index >= 15 is 0 Å². The highest BCUT2D eigenvalue weighted by molar-refractivity contribution is 8.14. The number of carbonyl (C=O) groups excluding carboxylic acids is 3. The summed E-state index contributed by atoms with van der Waals surface area (Å²) in [6.07, 6.45) is 1.22. The maximum Gasteiger partial charge on any atom is 0.326 e. The predicted molar refractivity (Wildman–Crippen MR) is 128 cm³/mol. The first-order valence-corrected chi connectivity index (χ1v) is 12.0. The van der Waals surface area contributed by atoms with Crippen LogP contribution in [0.25, 0.3) is 0 Å². The van der Waals surface area contributed by atoms with Gasteiger partial charge in [0.05, 0.1) is 17.8 Å². The monoisotopic (exact) mass is 484 g/mol. The highest BCUT2D eigenvalue weighted by atomic mass is 32.2. The number of hydrogen-bond donors (Lipinski definition) is 3. The molecule has 1 aliphatic rings. The summed E-state index contributed by atoms with van der Waals surface area (Å²) in [5.41, 5.74) is 1.35. The maximum absolute atomic E-state index is 13.1. The van der Waals surface area contributed by atoms with Crippen molar-refractivity contribution < 1.29 is 29.4 Å². The van der Waals surface area contributed by atoms with Gasteiger partial charge in [0.25, 0.3) is 0 Å². The molecule has 180 valence electrons. The number of thioether (sulfide) groups is 1. The molecule has 0 aliphatic carbocycles. The summed E-state index contributed by atoms with van der Waals surface area (Å²) in [6.45, 7) is 1.31. The number of aliphatic carboxylic acids is 1. The number of likely N-dealkylation sites (tertiary alicyclic amines) is 1. The van der Waals surface area contributed by atoms with E-state index in [1.807, 2.05) is 30.3 Å². The first-order chi connectivity index (χ1) is 16.3. The van der Waals surface area contributed by atoms with E-state index in [-0.39, 0.29) is 23.7 Å². The lowest BCUT2D eigenvalue weighted by Crippen LogP contribution is -2.47. The minimum Gasteiger partial charge on any atom is -0.508 e. The Labute approximate surface area is 202 Å². The molecule has 34 heavy (non-hydrogen) atoms. The summed E-state index contributed by atoms with van der Waals surface area (Å²) in [6, 6.07) is 14.1. The topological polar surface area (TPSA) is 124 Å². The Balaban J connectivity index is 1.73. The van der Waals surface area contributed by atoms with E-state index in [1.165, 1.54) is 11.0 Å². The summed E-state index contributed by atoms with van der Waals surface area (Å²) >= 11 is 0.933. The number of nitrogens with zero attached hydrogens (tertiary/aromatic N) is 1. The third-order valence-corrected chi connectivity index (χ3v) is 7.00. The van der Waals surface area contributed by atoms with Gasteiger partial charge in [0.15, 0.2) is 5.12 Å². The van der Waals surface area contributed by atoms with Crippen LogP contribution in [0.3, 0.4) is 0 Å². The molecule has 1 saturated heterocycles. The van der Waals surface area contributed by atoms with Gasteiger partial charge in [-0.05, 0) is 30.9 Å². The zero-order valence-corrected chi connectivity index (χ0v) is 19.7. The number of carbonyl (C=O) groups is 4. The molecule has 2 unspecified atom stereocenters. The second kappa shape index (κ2) is 11.7. The zero-order chi connectivity index (χ0) is 24.7. The highest BCUT2D eigenvalue weighted by Gasteiger charge is 2.42. The lowest BCUT2D eigenvalue weighted by atomic mass is 10.0. The van der Waals surface area contributed by atoms with Crippen LogP contribution in [0.15, 0.2) is 54.6 Å². The minimum atomic E-state index is -1.14. The minimum absolute atomic E-state index is 0.0159. The third kappa shape index (κ3) is 6.17. The van der Waals surface area contributed by atoms with Gasteiger partial charge >= 0.3 is 5.97 Å². The van der Waals surface area contributed by atoms with Crippen molar-refractivity contribution in [3.63, 3.8) is 0 Å². The van der Waals surface area contributed by atoms with Crippen LogP contribution >= 0.6 is 11.8 Å². The third-order valence-electron chi connectivity index (χ3n) is 5.79. The number of hydrogen-bond acceptors (Lipinski definition) is 6. The van der Waals surface area contributed by atoms with Gasteiger partial charge in [-0.3, -0.25) is 14.4 Å². The number of rotatable bonds is 9. The fraction of sp³-hybridized carbons (Fsp3) is 0.360. The van der Waals surface area contributed by atoms with Gasteiger partial charge in [0.2, 0.25) is 11.8 Å². The molecule has 0 bridgehead atoms. The maximum atomic E-state index is 13.1. The SMILES string of the molecule is CCC(=O)SC(Cc1ccccc1)C(=O)NCC(=O)N1C(c2ccccc2O)CC[C@H]1C(=O)O. The number of carboxylic acid groups (broad SMARTS) is 1. The van der Waals surface area contributed by atoms with Gasteiger partial charge in [-0.2, -0.15) is 0 Å². The first kappa shape index (κ1) is 25.3. The molecule has 0 spiro atoms. The number of aromatic hydroxyl groups is 1. The molecule has 3 N–H and O–H groups in total. The molecule has 3 rings (SSSR count). The molecule has 2 amide bonds. The Morgan fingerprint density at radius 2 is 1.74 bits per heavy atom. The lowest BCUT2D eigenvalue weighted by molar-refractivity contribution is -0.149. The molecule has 0 saturated carbocycles. The molecule has 3 atom stereocenters. The number of nitrogens with one attached hydrogen (secondary N) is 1. The van der Waals surface area contributed by atoms with Crippen LogP contribution in [0.5, 0.6) is 5.75 Å². The molecule has 1 aliphatic heterocycles. The Morgan fingerprint density at radius 3 is 2.38 bits per heavy atom. The van der Waals surface area contributed by atoms with Crippen molar-refractivity contribution >= 4 is 34.7 Å². The second-order valence-corrected chi connectivity index (χ2v) is 9.31. The molecule has 9 heteroatoms. The summed E-state index contributed by atoms with van der Waals surface area (Å²) in [5, 5.41) is 21.6. The molecule has 8 nitrogen and oxygen atoms in total. The average molecular weight is 485 g/mol. The Hall–Kier alpha value is -3.33. The average Bonchev–Trinajstić information content (AvgIpc) is 3.28. The fourth-order valence-electron chi connectivity index (χ4n) is 4.10. The van der Waals surface area contributed by atoms with Crippen LogP contribution in [0.4, 0.5) is 0 Å². The van der Waals surface area contributed by atoms with Gasteiger partial charge in [-0.15, -0.1) is 0 Å². The standard InChI is InChI=1S/C25H28N2O6S/c1-2-23(30)34-21(14-16-8-4-3-5-9-16)24(31)26-15-22(29)27-18(12-13-19(27)25(32)33)17-10-6-7-11-20(17)28/h3-11,18-19,21,28H,2,12-15H2,1H3,(H,26,31)(H,32,33)/t18?,19-,21?/m0/s1. The normalized spacial score (nSPS) is 18.3. The van der Waals surface area contributed by atoms with E-state index in [0.717, 1.165) is 17.3 Å². The summed E-state index contributed by atoms with van der Waals surface area (Å²) < 4.78 is 0. The summed E-state index contributed by atoms with van der Waals surface area (Å²) in [7, 11) is 0. The van der Waals surface area contributed by atoms with Crippen LogP contribution in [-0.2, 0) is 25.6 Å². The molecule has 1 fully saturated rings. The number of carboxylic acids is 1. The molecule has 0 aromatic heterocycles. The number of benzene rings is 2. The number of phenolic OH excluding ortho intramolecular Hbond substituents is 1. The Kier molecular flexibility index (Phi) is 8.70. The van der Waals surface area contributed by atoms with Gasteiger partial charge in [0, 0.05) is 12.0 Å². The summed E-state index contributed by atoms with van der Waals surface area (Å²) in [4.78, 5) is 51.1. The van der Waals surface area contributed by atoms with Crippen molar-refractivity contribution in [3.05, 3.63) is 65.7 Å². The molecule has 1 heterocycles. The van der Waals surface area contributed by atoms with Gasteiger partial charge in [-0.1, -0.05) is 67.2 Å². The van der Waals surface area contributed by atoms with E-state index in [4.69, 9.17) is 0 Å². The molecule has 2 aromatic rings. The van der Waals surface area contributed by atoms with Gasteiger partial charge in [0.1, 0.15) is 11.8 Å². The molecular weight excluding hydrogens is 456 g/mol. The van der Waals surface area contributed by atoms with Crippen LogP contribution in [0.1, 0.15) is 43.4 Å². The second-order valence-electron chi connectivity index (χ2n) is 8.05. The number of phenols is 1. The molecule has 0 radical (unpaired) electrons. The van der Waals surface area contributed by atoms with Gasteiger partial charge in [-0.25, -0.2) is 4.79 Å². The van der Waals surface area contributed by atoms with Crippen molar-refractivity contribution in [1.29, 1.82) is 0 Å². The zero-order valence-electron chi connectivity index (χ0n) is 18.8. The van der Waals surface area contributed by atoms with E-state index < -0.39 is 41.7 Å². The quantitative estimate of drug-likeness (QED) is 0.500. The lowest BCUT2D eigenvalue weighted by Gasteiger charge is -2.29. The van der Waals surface area contributed by atoms with Crippen LogP contribution in [0, 0.1) is 0 Å². The van der Waals surface area contributed by atoms with Crippen molar-refractivity contribution in [1.82, 2.24) is 10.2 Å². The van der Waals surface area contributed by atoms with E-state index in [0.29, 0.717) is 18.4 Å². The van der Waals surface area contributed by atoms with Gasteiger partial charge < -0.3 is 20.4 Å². The number of para-hydroxylation sites is 1. The number of amides is 2. The smallest absolute Gasteiger partial charge is 0.326 e. The van der Waals surface area contributed by atoms with E-state index in [9.17, 15) is 29.4 Å². The Morgan fingerprint density at radius 1 is 1.06 bits per heavy atom. The van der Waals surface area contributed by atoms with Crippen LogP contribution in [0.2, 0.25) is 0 Å². The molecular formula is C25H28N2O6S. The molecule has 2 aromatic carbocycles. The highest BCUT2D eigenvalue weighted by Crippen LogP contribution is 2.39. The van der Waals surface area contributed by atoms with Crippen LogP contribution < -0.4 is 5.32 Å². The van der Waals surface area contributed by atoms with Crippen molar-refractivity contribution in [3.8, 4) is 5.75 Å². The Bertz CT molecular complexity index is 1040. The predicted octanol–water partition coefficient (Wildman–Crippen LogP) is 2.91. The summed E-state index contributed by atoms with van der Waals surface area (Å²) in [5.74, 6) is -2.17. The van der Waals surface area contributed by atoms with Crippen molar-refractivity contribution in [2.45, 2.75) is 49.9 Å². The van der Waals surface area contributed by atoms with Crippen LogP contribution in [-0.4, -0.2) is 55.8 Å². The van der Waals surface area contributed by atoms with E-state index in [2.05, 4.69) is 5.32 Å². The largest absolute Gasteiger partial charge is 0.508 e. The fourth-order valence-corrected chi connectivity index (χ4v) is 5.05. The van der Waals surface area contributed by atoms with Crippen molar-refractivity contribution in [2.24, 2.45) is 0 Å². The first-order valence-electron chi connectivity index (χ1n) is 11.1.